The van der Waals surface area contributed by atoms with Gasteiger partial charge in [-0.25, -0.2) is 9.82 Å². The number of nitrogens with zero attached hydrogens (tertiary/aromatic N) is 2. The lowest BCUT2D eigenvalue weighted by molar-refractivity contribution is -0.145. The first-order valence-corrected chi connectivity index (χ1v) is 6.45. The van der Waals surface area contributed by atoms with E-state index in [1.807, 2.05) is 5.43 Å². The zero-order chi connectivity index (χ0) is 15.1. The van der Waals surface area contributed by atoms with Gasteiger partial charge in [0.2, 0.25) is 0 Å². The standard InChI is InChI=1S/C13H15ClFN3O2/c1-3-18(4-2)13(20)12(19)17-16-8-9-10(14)6-5-7-11(9)15/h5-8H,3-4H2,1-2H3,(H,17,19). The molecular formula is C13H15ClFN3O2. The second-order valence-electron chi connectivity index (χ2n) is 3.81. The van der Waals surface area contributed by atoms with E-state index in [0.29, 0.717) is 13.1 Å². The van der Waals surface area contributed by atoms with E-state index in [2.05, 4.69) is 5.10 Å². The van der Waals surface area contributed by atoms with Crippen molar-refractivity contribution in [1.82, 2.24) is 10.3 Å². The lowest BCUT2D eigenvalue weighted by atomic mass is 10.2. The molecule has 0 aliphatic heterocycles. The number of hydrogen-bond acceptors (Lipinski definition) is 3. The van der Waals surface area contributed by atoms with Crippen LogP contribution in [0.25, 0.3) is 0 Å². The van der Waals surface area contributed by atoms with Crippen LogP contribution in [0.1, 0.15) is 19.4 Å². The smallest absolute Gasteiger partial charge is 0.329 e. The minimum Gasteiger partial charge on any atom is -0.335 e. The largest absolute Gasteiger partial charge is 0.335 e. The molecule has 0 spiro atoms. The highest BCUT2D eigenvalue weighted by atomic mass is 35.5. The van der Waals surface area contributed by atoms with Crippen LogP contribution in [0.4, 0.5) is 4.39 Å². The fourth-order valence-electron chi connectivity index (χ4n) is 1.49. The number of hydrazone groups is 1. The number of halogens is 2. The lowest BCUT2D eigenvalue weighted by Gasteiger charge is -2.16. The average molecular weight is 300 g/mol. The van der Waals surface area contributed by atoms with Gasteiger partial charge in [0.05, 0.1) is 11.2 Å². The Morgan fingerprint density at radius 3 is 2.60 bits per heavy atom. The Morgan fingerprint density at radius 1 is 1.40 bits per heavy atom. The number of likely N-dealkylation sites (N-methyl/N-ethyl adjacent to an activating group) is 1. The maximum atomic E-state index is 13.4. The molecular weight excluding hydrogens is 285 g/mol. The summed E-state index contributed by atoms with van der Waals surface area (Å²) < 4.78 is 13.4. The highest BCUT2D eigenvalue weighted by Gasteiger charge is 2.18. The van der Waals surface area contributed by atoms with Crippen molar-refractivity contribution in [3.8, 4) is 0 Å². The molecule has 0 fully saturated rings. The second-order valence-corrected chi connectivity index (χ2v) is 4.22. The summed E-state index contributed by atoms with van der Waals surface area (Å²) in [6.07, 6.45) is 1.06. The van der Waals surface area contributed by atoms with E-state index in [9.17, 15) is 14.0 Å². The van der Waals surface area contributed by atoms with Crippen molar-refractivity contribution in [2.24, 2.45) is 5.10 Å². The maximum absolute atomic E-state index is 13.4. The minimum atomic E-state index is -0.877. The third-order valence-corrected chi connectivity index (χ3v) is 2.93. The summed E-state index contributed by atoms with van der Waals surface area (Å²) >= 11 is 5.78. The van der Waals surface area contributed by atoms with Gasteiger partial charge in [-0.05, 0) is 26.0 Å². The molecule has 0 aliphatic carbocycles. The Morgan fingerprint density at radius 2 is 2.05 bits per heavy atom. The number of benzene rings is 1. The number of nitrogens with one attached hydrogen (secondary N) is 1. The van der Waals surface area contributed by atoms with Crippen molar-refractivity contribution in [2.45, 2.75) is 13.8 Å². The van der Waals surface area contributed by atoms with Crippen LogP contribution in [-0.2, 0) is 9.59 Å². The van der Waals surface area contributed by atoms with Crippen molar-refractivity contribution >= 4 is 29.6 Å². The molecule has 20 heavy (non-hydrogen) atoms. The SMILES string of the molecule is CCN(CC)C(=O)C(=O)NN=Cc1c(F)cccc1Cl. The van der Waals surface area contributed by atoms with Crippen LogP contribution in [0.15, 0.2) is 23.3 Å². The van der Waals surface area contributed by atoms with Crippen LogP contribution in [-0.4, -0.2) is 36.0 Å². The summed E-state index contributed by atoms with van der Waals surface area (Å²) in [6.45, 7) is 4.37. The Bertz CT molecular complexity index is 510. The van der Waals surface area contributed by atoms with E-state index >= 15 is 0 Å². The monoisotopic (exact) mass is 299 g/mol. The second kappa shape index (κ2) is 7.59. The number of carbonyl (C=O) groups excluding carboxylic acids is 2. The van der Waals surface area contributed by atoms with Crippen molar-refractivity contribution in [2.75, 3.05) is 13.1 Å². The van der Waals surface area contributed by atoms with E-state index in [-0.39, 0.29) is 10.6 Å². The van der Waals surface area contributed by atoms with Gasteiger partial charge in [0.15, 0.2) is 0 Å². The van der Waals surface area contributed by atoms with E-state index < -0.39 is 17.6 Å². The fourth-order valence-corrected chi connectivity index (χ4v) is 1.70. The number of carbonyl (C=O) groups is 2. The highest BCUT2D eigenvalue weighted by molar-refractivity contribution is 6.35. The van der Waals surface area contributed by atoms with Gasteiger partial charge in [-0.15, -0.1) is 0 Å². The van der Waals surface area contributed by atoms with Crippen LogP contribution in [0, 0.1) is 5.82 Å². The number of rotatable bonds is 4. The fraction of sp³-hybridized carbons (Fsp3) is 0.308. The summed E-state index contributed by atoms with van der Waals surface area (Å²) in [7, 11) is 0. The van der Waals surface area contributed by atoms with Crippen LogP contribution in [0.3, 0.4) is 0 Å². The molecule has 0 radical (unpaired) electrons. The molecule has 1 N–H and O–H groups in total. The van der Waals surface area contributed by atoms with E-state index in [1.165, 1.54) is 23.1 Å². The van der Waals surface area contributed by atoms with Crippen LogP contribution < -0.4 is 5.43 Å². The molecule has 0 unspecified atom stereocenters. The molecule has 5 nitrogen and oxygen atoms in total. The van der Waals surface area contributed by atoms with E-state index in [0.717, 1.165) is 6.21 Å². The summed E-state index contributed by atoms with van der Waals surface area (Å²) in [5.41, 5.74) is 2.09. The van der Waals surface area contributed by atoms with Crippen molar-refractivity contribution < 1.29 is 14.0 Å². The molecule has 0 bridgehead atoms. The zero-order valence-electron chi connectivity index (χ0n) is 11.2. The topological polar surface area (TPSA) is 61.8 Å². The quantitative estimate of drug-likeness (QED) is 0.523. The van der Waals surface area contributed by atoms with Crippen molar-refractivity contribution in [3.05, 3.63) is 34.6 Å². The molecule has 0 atom stereocenters. The van der Waals surface area contributed by atoms with Crippen LogP contribution >= 0.6 is 11.6 Å². The Hall–Kier alpha value is -1.95. The third kappa shape index (κ3) is 4.03. The first-order chi connectivity index (χ1) is 9.51. The highest BCUT2D eigenvalue weighted by Crippen LogP contribution is 2.16. The van der Waals surface area contributed by atoms with Crippen LogP contribution in [0.2, 0.25) is 5.02 Å². The zero-order valence-corrected chi connectivity index (χ0v) is 11.9. The van der Waals surface area contributed by atoms with Gasteiger partial charge < -0.3 is 4.90 Å². The molecule has 1 aromatic rings. The average Bonchev–Trinajstić information content (AvgIpc) is 2.43. The molecule has 0 aliphatic rings. The molecule has 0 aromatic heterocycles. The molecule has 2 amide bonds. The molecule has 1 aromatic carbocycles. The Labute approximate surface area is 121 Å². The van der Waals surface area contributed by atoms with Crippen molar-refractivity contribution in [1.29, 1.82) is 0 Å². The van der Waals surface area contributed by atoms with Gasteiger partial charge in [0.25, 0.3) is 0 Å². The molecule has 0 saturated heterocycles. The van der Waals surface area contributed by atoms with E-state index in [1.54, 1.807) is 13.8 Å². The maximum Gasteiger partial charge on any atom is 0.329 e. The summed E-state index contributed by atoms with van der Waals surface area (Å²) in [5, 5.41) is 3.70. The van der Waals surface area contributed by atoms with Gasteiger partial charge in [-0.1, -0.05) is 17.7 Å². The van der Waals surface area contributed by atoms with Gasteiger partial charge in [-0.2, -0.15) is 5.10 Å². The van der Waals surface area contributed by atoms with Gasteiger partial charge >= 0.3 is 11.8 Å². The Kier molecular flexibility index (Phi) is 6.11. The molecule has 108 valence electrons. The van der Waals surface area contributed by atoms with Gasteiger partial charge in [-0.3, -0.25) is 9.59 Å². The number of amides is 2. The first-order valence-electron chi connectivity index (χ1n) is 6.07. The molecule has 7 heteroatoms. The summed E-state index contributed by atoms with van der Waals surface area (Å²) in [4.78, 5) is 24.5. The molecule has 1 rings (SSSR count). The van der Waals surface area contributed by atoms with Crippen LogP contribution in [0.5, 0.6) is 0 Å². The summed E-state index contributed by atoms with van der Waals surface area (Å²) in [5.74, 6) is -2.13. The molecule has 0 saturated carbocycles. The third-order valence-electron chi connectivity index (χ3n) is 2.60. The van der Waals surface area contributed by atoms with Crippen molar-refractivity contribution in [3.63, 3.8) is 0 Å². The van der Waals surface area contributed by atoms with Gasteiger partial charge in [0, 0.05) is 18.7 Å². The summed E-state index contributed by atoms with van der Waals surface area (Å²) in [6, 6.07) is 4.17. The molecule has 0 heterocycles. The Balaban J connectivity index is 2.70. The normalized spacial score (nSPS) is 10.6. The number of hydrogen-bond donors (Lipinski definition) is 1. The lowest BCUT2D eigenvalue weighted by Crippen LogP contribution is -2.41. The van der Waals surface area contributed by atoms with Gasteiger partial charge in [0.1, 0.15) is 5.82 Å². The predicted octanol–water partition coefficient (Wildman–Crippen LogP) is 1.80. The predicted molar refractivity (Wildman–Crippen MR) is 75.1 cm³/mol. The minimum absolute atomic E-state index is 0.0461. The van der Waals surface area contributed by atoms with E-state index in [4.69, 9.17) is 11.6 Å². The first kappa shape index (κ1) is 16.1.